The zero-order valence-corrected chi connectivity index (χ0v) is 15.3. The SMILES string of the molecule is CC(C=O)[C@]12O[C@H]1[C@@H]1O[C@]13[C@]1(O[C@H]1C[C@H]1C4=C(CC[C@@]13C)C(=O)OC4)[C@@H]2O. The Morgan fingerprint density at radius 1 is 1.26 bits per heavy atom. The van der Waals surface area contributed by atoms with Crippen LogP contribution in [0.2, 0.25) is 0 Å². The number of ether oxygens (including phenoxy) is 4. The van der Waals surface area contributed by atoms with Crippen molar-refractivity contribution in [2.24, 2.45) is 17.3 Å². The molecule has 4 aliphatic heterocycles. The molecular formula is C20H22O7. The molecule has 1 unspecified atom stereocenters. The molecule has 4 heterocycles. The molecule has 2 saturated carbocycles. The first-order chi connectivity index (χ1) is 12.9. The van der Waals surface area contributed by atoms with E-state index in [1.165, 1.54) is 0 Å². The van der Waals surface area contributed by atoms with Crippen molar-refractivity contribution in [2.45, 2.75) is 74.3 Å². The fourth-order valence-corrected chi connectivity index (χ4v) is 7.64. The second kappa shape index (κ2) is 4.03. The van der Waals surface area contributed by atoms with Crippen LogP contribution in [0.1, 0.15) is 33.1 Å². The molecule has 7 rings (SSSR count). The zero-order chi connectivity index (χ0) is 18.6. The molecular weight excluding hydrogens is 352 g/mol. The smallest absolute Gasteiger partial charge is 0.334 e. The molecule has 2 spiro atoms. The molecule has 0 bridgehead atoms. The number of carbonyl (C=O) groups excluding carboxylic acids is 2. The molecule has 0 amide bonds. The van der Waals surface area contributed by atoms with E-state index in [1.807, 2.05) is 0 Å². The molecule has 0 aromatic carbocycles. The van der Waals surface area contributed by atoms with Crippen molar-refractivity contribution >= 4 is 12.3 Å². The van der Waals surface area contributed by atoms with Crippen LogP contribution in [0.4, 0.5) is 0 Å². The summed E-state index contributed by atoms with van der Waals surface area (Å²) in [5.74, 6) is -0.439. The van der Waals surface area contributed by atoms with E-state index in [-0.39, 0.29) is 35.6 Å². The number of esters is 1. The Bertz CT molecular complexity index is 866. The van der Waals surface area contributed by atoms with Gasteiger partial charge in [-0.05, 0) is 30.8 Å². The second-order valence-electron chi connectivity index (χ2n) is 9.68. The Kier molecular flexibility index (Phi) is 2.33. The average molecular weight is 374 g/mol. The number of hydrogen-bond donors (Lipinski definition) is 1. The van der Waals surface area contributed by atoms with Gasteiger partial charge in [-0.3, -0.25) is 0 Å². The summed E-state index contributed by atoms with van der Waals surface area (Å²) in [7, 11) is 0. The number of aliphatic hydroxyl groups excluding tert-OH is 1. The van der Waals surface area contributed by atoms with Gasteiger partial charge >= 0.3 is 5.97 Å². The number of rotatable bonds is 2. The third-order valence-electron chi connectivity index (χ3n) is 9.11. The van der Waals surface area contributed by atoms with Gasteiger partial charge in [-0.1, -0.05) is 13.8 Å². The molecule has 144 valence electrons. The van der Waals surface area contributed by atoms with Gasteiger partial charge in [-0.15, -0.1) is 0 Å². The molecule has 3 saturated heterocycles. The predicted molar refractivity (Wildman–Crippen MR) is 87.5 cm³/mol. The predicted octanol–water partition coefficient (Wildman–Crippen LogP) is 0.282. The number of epoxide rings is 3. The summed E-state index contributed by atoms with van der Waals surface area (Å²) in [6, 6.07) is 0. The number of cyclic esters (lactones) is 1. The fraction of sp³-hybridized carbons (Fsp3) is 0.800. The van der Waals surface area contributed by atoms with E-state index < -0.39 is 28.8 Å². The van der Waals surface area contributed by atoms with E-state index in [0.29, 0.717) is 13.0 Å². The summed E-state index contributed by atoms with van der Waals surface area (Å²) < 4.78 is 24.0. The molecule has 0 radical (unpaired) electrons. The standard InChI is InChI=1S/C20H22O7/c1-8(6-21)18-13(26-18)14-20(27-14)17(2)4-3-9-10(7-24-15(9)22)11(17)5-12-19(20,25-12)16(18)23/h6,8,11-14,16,23H,3-5,7H2,1-2H3/t8?,11-,12-,13-,14-,16+,17-,18-,19+,20+/m0/s1. The lowest BCUT2D eigenvalue weighted by molar-refractivity contribution is -0.136. The summed E-state index contributed by atoms with van der Waals surface area (Å²) in [6.45, 7) is 4.38. The minimum absolute atomic E-state index is 0.140. The molecule has 10 atom stereocenters. The van der Waals surface area contributed by atoms with Crippen LogP contribution < -0.4 is 0 Å². The third kappa shape index (κ3) is 1.26. The maximum atomic E-state index is 12.1. The van der Waals surface area contributed by atoms with Gasteiger partial charge in [0.2, 0.25) is 0 Å². The van der Waals surface area contributed by atoms with Gasteiger partial charge in [0.25, 0.3) is 0 Å². The van der Waals surface area contributed by atoms with Crippen LogP contribution in [0, 0.1) is 17.3 Å². The number of hydrogen-bond acceptors (Lipinski definition) is 7. The second-order valence-corrected chi connectivity index (χ2v) is 9.68. The van der Waals surface area contributed by atoms with Crippen LogP contribution in [-0.4, -0.2) is 65.2 Å². The molecule has 27 heavy (non-hydrogen) atoms. The van der Waals surface area contributed by atoms with Gasteiger partial charge in [0.15, 0.2) is 5.60 Å². The van der Waals surface area contributed by atoms with Crippen molar-refractivity contribution in [3.05, 3.63) is 11.1 Å². The highest BCUT2D eigenvalue weighted by atomic mass is 16.7. The van der Waals surface area contributed by atoms with Crippen molar-refractivity contribution in [2.75, 3.05) is 6.61 Å². The van der Waals surface area contributed by atoms with Crippen LogP contribution >= 0.6 is 0 Å². The van der Waals surface area contributed by atoms with Gasteiger partial charge in [0, 0.05) is 16.9 Å². The Hall–Kier alpha value is -1.28. The quantitative estimate of drug-likeness (QED) is 0.421. The molecule has 1 N–H and O–H groups in total. The average Bonchev–Trinajstić information content (AvgIpc) is 3.54. The third-order valence-corrected chi connectivity index (χ3v) is 9.11. The number of aliphatic hydroxyl groups is 1. The molecule has 7 nitrogen and oxygen atoms in total. The molecule has 0 aromatic heterocycles. The zero-order valence-electron chi connectivity index (χ0n) is 15.3. The van der Waals surface area contributed by atoms with E-state index in [9.17, 15) is 14.7 Å². The Labute approximate surface area is 156 Å². The summed E-state index contributed by atoms with van der Waals surface area (Å²) >= 11 is 0. The van der Waals surface area contributed by atoms with E-state index in [1.54, 1.807) is 6.92 Å². The van der Waals surface area contributed by atoms with Gasteiger partial charge < -0.3 is 28.8 Å². The van der Waals surface area contributed by atoms with Crippen molar-refractivity contribution < 1.29 is 33.6 Å². The largest absolute Gasteiger partial charge is 0.458 e. The number of fused-ring (bicyclic) bond motifs is 4. The molecule has 7 aliphatic rings. The van der Waals surface area contributed by atoms with Crippen molar-refractivity contribution in [1.82, 2.24) is 0 Å². The van der Waals surface area contributed by atoms with Crippen molar-refractivity contribution in [3.8, 4) is 0 Å². The fourth-order valence-electron chi connectivity index (χ4n) is 7.64. The summed E-state index contributed by atoms with van der Waals surface area (Å²) in [4.78, 5) is 23.6. The van der Waals surface area contributed by atoms with E-state index in [2.05, 4.69) is 6.92 Å². The van der Waals surface area contributed by atoms with Crippen LogP contribution in [0.5, 0.6) is 0 Å². The van der Waals surface area contributed by atoms with E-state index in [0.717, 1.165) is 30.3 Å². The number of carbonyl (C=O) groups is 2. The normalized spacial score (nSPS) is 62.0. The van der Waals surface area contributed by atoms with Gasteiger partial charge in [0.1, 0.15) is 42.4 Å². The van der Waals surface area contributed by atoms with Crippen molar-refractivity contribution in [1.29, 1.82) is 0 Å². The maximum absolute atomic E-state index is 12.1. The van der Waals surface area contributed by atoms with Crippen LogP contribution in [0.3, 0.4) is 0 Å². The van der Waals surface area contributed by atoms with Crippen LogP contribution in [0.25, 0.3) is 0 Å². The van der Waals surface area contributed by atoms with Crippen LogP contribution in [-0.2, 0) is 28.5 Å². The molecule has 0 aromatic rings. The Morgan fingerprint density at radius 3 is 2.85 bits per heavy atom. The topological polar surface area (TPSA) is 101 Å². The van der Waals surface area contributed by atoms with E-state index >= 15 is 0 Å². The number of aldehydes is 1. The lowest BCUT2D eigenvalue weighted by atomic mass is 9.46. The first-order valence-electron chi connectivity index (χ1n) is 9.94. The van der Waals surface area contributed by atoms with Gasteiger partial charge in [0.05, 0.1) is 6.10 Å². The summed E-state index contributed by atoms with van der Waals surface area (Å²) in [6.07, 6.45) is 1.63. The molecule has 7 heteroatoms. The summed E-state index contributed by atoms with van der Waals surface area (Å²) in [5, 5.41) is 11.4. The highest BCUT2D eigenvalue weighted by Crippen LogP contribution is 2.82. The van der Waals surface area contributed by atoms with Crippen LogP contribution in [0.15, 0.2) is 11.1 Å². The summed E-state index contributed by atoms with van der Waals surface area (Å²) in [5.41, 5.74) is -0.594. The first kappa shape index (κ1) is 15.6. The molecule has 3 aliphatic carbocycles. The van der Waals surface area contributed by atoms with E-state index in [4.69, 9.17) is 18.9 Å². The Morgan fingerprint density at radius 2 is 2.07 bits per heavy atom. The first-order valence-corrected chi connectivity index (χ1v) is 9.94. The monoisotopic (exact) mass is 374 g/mol. The highest BCUT2D eigenvalue weighted by molar-refractivity contribution is 5.92. The van der Waals surface area contributed by atoms with Gasteiger partial charge in [-0.25, -0.2) is 4.79 Å². The minimum Gasteiger partial charge on any atom is -0.458 e. The molecule has 5 fully saturated rings. The highest BCUT2D eigenvalue weighted by Gasteiger charge is 3.00. The Balaban J connectivity index is 1.37. The minimum atomic E-state index is -0.881. The lowest BCUT2D eigenvalue weighted by Crippen LogP contribution is -2.69. The maximum Gasteiger partial charge on any atom is 0.334 e. The lowest BCUT2D eigenvalue weighted by Gasteiger charge is -2.53. The van der Waals surface area contributed by atoms with Crippen molar-refractivity contribution in [3.63, 3.8) is 0 Å². The van der Waals surface area contributed by atoms with Gasteiger partial charge in [-0.2, -0.15) is 0 Å².